The molecular weight excluding hydrogens is 234 g/mol. The van der Waals surface area contributed by atoms with E-state index >= 15 is 0 Å². The van der Waals surface area contributed by atoms with Gasteiger partial charge in [-0.3, -0.25) is 13.5 Å². The molecule has 4 heteroatoms. The molecule has 0 aliphatic rings. The third kappa shape index (κ3) is 2.36. The van der Waals surface area contributed by atoms with Gasteiger partial charge in [-0.15, -0.1) is 0 Å². The molecule has 2 rings (SSSR count). The van der Waals surface area contributed by atoms with E-state index in [-0.39, 0.29) is 17.4 Å². The van der Waals surface area contributed by atoms with Gasteiger partial charge in [-0.05, 0) is 13.8 Å². The van der Waals surface area contributed by atoms with Crippen LogP contribution < -0.4 is 5.56 Å². The normalized spacial score (nSPS) is 10.8. The van der Waals surface area contributed by atoms with Crippen molar-refractivity contribution in [1.82, 2.24) is 3.96 Å². The van der Waals surface area contributed by atoms with Crippen LogP contribution in [0.1, 0.15) is 35.1 Å². The second kappa shape index (κ2) is 4.67. The van der Waals surface area contributed by atoms with Crippen LogP contribution in [0.25, 0.3) is 0 Å². The minimum atomic E-state index is -0.107. The van der Waals surface area contributed by atoms with E-state index in [4.69, 9.17) is 0 Å². The molecule has 0 N–H and O–H groups in total. The molecule has 17 heavy (non-hydrogen) atoms. The highest BCUT2D eigenvalue weighted by Gasteiger charge is 2.14. The largest absolute Gasteiger partial charge is 0.288 e. The number of hydrogen-bond donors (Lipinski definition) is 0. The third-order valence-electron chi connectivity index (χ3n) is 2.40. The molecule has 0 aliphatic heterocycles. The minimum Gasteiger partial charge on any atom is -0.288 e. The van der Waals surface area contributed by atoms with Crippen molar-refractivity contribution in [2.75, 3.05) is 0 Å². The number of ketones is 1. The predicted molar refractivity (Wildman–Crippen MR) is 68.8 cm³/mol. The maximum atomic E-state index is 12.1. The van der Waals surface area contributed by atoms with Crippen LogP contribution in [-0.2, 0) is 0 Å². The van der Waals surface area contributed by atoms with Crippen molar-refractivity contribution in [2.24, 2.45) is 0 Å². The van der Waals surface area contributed by atoms with Crippen LogP contribution in [0.4, 0.5) is 0 Å². The topological polar surface area (TPSA) is 39.1 Å². The second-order valence-electron chi connectivity index (χ2n) is 4.05. The molecule has 2 aromatic rings. The maximum absolute atomic E-state index is 12.1. The summed E-state index contributed by atoms with van der Waals surface area (Å²) in [5, 5.41) is 0. The van der Waals surface area contributed by atoms with Crippen LogP contribution in [0, 0.1) is 0 Å². The Morgan fingerprint density at radius 3 is 2.41 bits per heavy atom. The van der Waals surface area contributed by atoms with Crippen LogP contribution >= 0.6 is 11.5 Å². The summed E-state index contributed by atoms with van der Waals surface area (Å²) in [5.74, 6) is -0.0906. The zero-order valence-electron chi connectivity index (χ0n) is 9.71. The Hall–Kier alpha value is -1.68. The van der Waals surface area contributed by atoms with Crippen LogP contribution in [0.5, 0.6) is 0 Å². The number of nitrogens with zero attached hydrogens (tertiary/aromatic N) is 1. The summed E-state index contributed by atoms with van der Waals surface area (Å²) in [5.41, 5.74) is 0.508. The Bertz CT molecular complexity index is 581. The summed E-state index contributed by atoms with van der Waals surface area (Å²) in [6.45, 7) is 3.85. The zero-order valence-corrected chi connectivity index (χ0v) is 10.5. The summed E-state index contributed by atoms with van der Waals surface area (Å²) >= 11 is 1.23. The molecule has 0 spiro atoms. The van der Waals surface area contributed by atoms with Gasteiger partial charge in [-0.2, -0.15) is 0 Å². The van der Waals surface area contributed by atoms with E-state index in [1.807, 2.05) is 32.0 Å². The fourth-order valence-electron chi connectivity index (χ4n) is 1.55. The first-order valence-electron chi connectivity index (χ1n) is 5.42. The number of carbonyl (C=O) groups excluding carboxylic acids is 1. The molecule has 0 bridgehead atoms. The van der Waals surface area contributed by atoms with E-state index in [1.165, 1.54) is 17.6 Å². The lowest BCUT2D eigenvalue weighted by Gasteiger charge is -2.02. The summed E-state index contributed by atoms with van der Waals surface area (Å²) < 4.78 is 1.61. The molecule has 0 aliphatic carbocycles. The van der Waals surface area contributed by atoms with E-state index in [0.29, 0.717) is 10.4 Å². The van der Waals surface area contributed by atoms with E-state index in [1.54, 1.807) is 16.1 Å². The van der Waals surface area contributed by atoms with Crippen molar-refractivity contribution in [3.8, 4) is 0 Å². The molecule has 1 aromatic heterocycles. The maximum Gasteiger partial charge on any atom is 0.261 e. The average Bonchev–Trinajstić information content (AvgIpc) is 2.71. The zero-order chi connectivity index (χ0) is 12.4. The Morgan fingerprint density at radius 1 is 1.24 bits per heavy atom. The molecular formula is C13H13NO2S. The van der Waals surface area contributed by atoms with Gasteiger partial charge in [0.05, 0.1) is 4.88 Å². The van der Waals surface area contributed by atoms with Crippen molar-refractivity contribution in [3.63, 3.8) is 0 Å². The first-order valence-corrected chi connectivity index (χ1v) is 6.19. The van der Waals surface area contributed by atoms with E-state index < -0.39 is 0 Å². The average molecular weight is 247 g/mol. The molecule has 0 radical (unpaired) electrons. The first kappa shape index (κ1) is 11.8. The van der Waals surface area contributed by atoms with Gasteiger partial charge in [-0.1, -0.05) is 41.9 Å². The molecule has 0 unspecified atom stereocenters. The number of rotatable bonds is 3. The van der Waals surface area contributed by atoms with E-state index in [9.17, 15) is 9.59 Å². The van der Waals surface area contributed by atoms with Gasteiger partial charge in [0, 0.05) is 17.7 Å². The van der Waals surface area contributed by atoms with Gasteiger partial charge in [0.2, 0.25) is 5.78 Å². The molecule has 1 aromatic carbocycles. The quantitative estimate of drug-likeness (QED) is 0.782. The van der Waals surface area contributed by atoms with Crippen molar-refractivity contribution in [1.29, 1.82) is 0 Å². The highest BCUT2D eigenvalue weighted by molar-refractivity contribution is 7.08. The molecule has 0 saturated heterocycles. The number of benzene rings is 1. The predicted octanol–water partition coefficient (Wildman–Crippen LogP) is 2.72. The van der Waals surface area contributed by atoms with E-state index in [2.05, 4.69) is 0 Å². The van der Waals surface area contributed by atoms with Gasteiger partial charge in [0.25, 0.3) is 5.56 Å². The molecule has 0 amide bonds. The van der Waals surface area contributed by atoms with E-state index in [0.717, 1.165) is 0 Å². The van der Waals surface area contributed by atoms with Gasteiger partial charge in [-0.25, -0.2) is 0 Å². The number of hydrogen-bond acceptors (Lipinski definition) is 3. The molecule has 3 nitrogen and oxygen atoms in total. The Kier molecular flexibility index (Phi) is 3.24. The summed E-state index contributed by atoms with van der Waals surface area (Å²) in [6.07, 6.45) is 0. The summed E-state index contributed by atoms with van der Waals surface area (Å²) in [4.78, 5) is 24.2. The smallest absolute Gasteiger partial charge is 0.261 e. The second-order valence-corrected chi connectivity index (χ2v) is 5.07. The Morgan fingerprint density at radius 2 is 1.88 bits per heavy atom. The van der Waals surface area contributed by atoms with Crippen molar-refractivity contribution >= 4 is 17.3 Å². The van der Waals surface area contributed by atoms with Crippen molar-refractivity contribution in [2.45, 2.75) is 19.9 Å². The fourth-order valence-corrected chi connectivity index (χ4v) is 2.47. The Labute approximate surface area is 103 Å². The Balaban J connectivity index is 2.39. The molecule has 0 saturated carbocycles. The lowest BCUT2D eigenvalue weighted by Crippen LogP contribution is -2.13. The van der Waals surface area contributed by atoms with Gasteiger partial charge in [0.15, 0.2) is 0 Å². The van der Waals surface area contributed by atoms with Crippen molar-refractivity contribution in [3.05, 3.63) is 57.2 Å². The van der Waals surface area contributed by atoms with Crippen LogP contribution in [0.2, 0.25) is 0 Å². The van der Waals surface area contributed by atoms with Gasteiger partial charge in [0.1, 0.15) is 0 Å². The fraction of sp³-hybridized carbons (Fsp3) is 0.231. The van der Waals surface area contributed by atoms with Crippen LogP contribution in [-0.4, -0.2) is 9.74 Å². The van der Waals surface area contributed by atoms with Gasteiger partial charge < -0.3 is 0 Å². The summed E-state index contributed by atoms with van der Waals surface area (Å²) in [6, 6.07) is 10.5. The SMILES string of the molecule is CC(C)n1sc(C(=O)c2ccccc2)cc1=O. The lowest BCUT2D eigenvalue weighted by atomic mass is 10.1. The first-order chi connectivity index (χ1) is 8.09. The van der Waals surface area contributed by atoms with Crippen LogP contribution in [0.3, 0.4) is 0 Å². The van der Waals surface area contributed by atoms with Gasteiger partial charge >= 0.3 is 0 Å². The lowest BCUT2D eigenvalue weighted by molar-refractivity contribution is 0.104. The number of aromatic nitrogens is 1. The molecule has 88 valence electrons. The number of carbonyl (C=O) groups is 1. The monoisotopic (exact) mass is 247 g/mol. The molecule has 0 atom stereocenters. The highest BCUT2D eigenvalue weighted by atomic mass is 32.1. The third-order valence-corrected chi connectivity index (χ3v) is 3.70. The highest BCUT2D eigenvalue weighted by Crippen LogP contribution is 2.15. The van der Waals surface area contributed by atoms with Crippen molar-refractivity contribution < 1.29 is 4.79 Å². The molecule has 0 fully saturated rings. The van der Waals surface area contributed by atoms with Crippen LogP contribution in [0.15, 0.2) is 41.2 Å². The minimum absolute atomic E-state index is 0.0878. The standard InChI is InChI=1S/C13H13NO2S/c1-9(2)14-12(15)8-11(17-14)13(16)10-6-4-3-5-7-10/h3-9H,1-2H3. The summed E-state index contributed by atoms with van der Waals surface area (Å²) in [7, 11) is 0. The molecule has 1 heterocycles.